The molecule has 1 aliphatic heterocycles. The van der Waals surface area contributed by atoms with Crippen LogP contribution < -0.4 is 5.32 Å². The second kappa shape index (κ2) is 7.67. The number of nitrogens with zero attached hydrogens (tertiary/aromatic N) is 1. The van der Waals surface area contributed by atoms with Crippen LogP contribution in [0, 0.1) is 0 Å². The zero-order chi connectivity index (χ0) is 12.7. The minimum Gasteiger partial charge on any atom is -0.383 e. The van der Waals surface area contributed by atoms with Crippen molar-refractivity contribution in [1.29, 1.82) is 0 Å². The Morgan fingerprint density at radius 1 is 1.53 bits per heavy atom. The lowest BCUT2D eigenvalue weighted by Crippen LogP contribution is -2.52. The van der Waals surface area contributed by atoms with E-state index in [-0.39, 0.29) is 11.9 Å². The van der Waals surface area contributed by atoms with Crippen molar-refractivity contribution in [2.24, 2.45) is 0 Å². The number of piperidine rings is 1. The zero-order valence-corrected chi connectivity index (χ0v) is 11.4. The topological polar surface area (TPSA) is 41.6 Å². The summed E-state index contributed by atoms with van der Waals surface area (Å²) >= 11 is 0. The van der Waals surface area contributed by atoms with Crippen molar-refractivity contribution in [3.63, 3.8) is 0 Å². The number of hydrogen-bond donors (Lipinski definition) is 1. The van der Waals surface area contributed by atoms with Gasteiger partial charge in [-0.2, -0.15) is 0 Å². The van der Waals surface area contributed by atoms with E-state index in [1.807, 2.05) is 4.90 Å². The molecule has 1 fully saturated rings. The van der Waals surface area contributed by atoms with E-state index in [1.165, 1.54) is 6.42 Å². The number of hydrogen-bond acceptors (Lipinski definition) is 3. The SMILES string of the molecule is CCC(C)N(CCOC)C(=O)C1CCCCN1. The van der Waals surface area contributed by atoms with Crippen molar-refractivity contribution in [2.75, 3.05) is 26.8 Å². The van der Waals surface area contributed by atoms with E-state index < -0.39 is 0 Å². The van der Waals surface area contributed by atoms with Gasteiger partial charge >= 0.3 is 0 Å². The number of carbonyl (C=O) groups is 1. The average Bonchev–Trinajstić information content (AvgIpc) is 2.39. The van der Waals surface area contributed by atoms with Crippen molar-refractivity contribution in [1.82, 2.24) is 10.2 Å². The van der Waals surface area contributed by atoms with Gasteiger partial charge in [-0.15, -0.1) is 0 Å². The first-order valence-corrected chi connectivity index (χ1v) is 6.73. The lowest BCUT2D eigenvalue weighted by molar-refractivity contribution is -0.136. The maximum absolute atomic E-state index is 12.4. The number of carbonyl (C=O) groups excluding carboxylic acids is 1. The lowest BCUT2D eigenvalue weighted by Gasteiger charge is -2.33. The first-order chi connectivity index (χ1) is 8.20. The van der Waals surface area contributed by atoms with Gasteiger partial charge < -0.3 is 15.0 Å². The van der Waals surface area contributed by atoms with Gasteiger partial charge in [0.1, 0.15) is 0 Å². The molecule has 0 aromatic heterocycles. The summed E-state index contributed by atoms with van der Waals surface area (Å²) < 4.78 is 5.09. The van der Waals surface area contributed by atoms with E-state index in [0.29, 0.717) is 19.2 Å². The molecule has 0 radical (unpaired) electrons. The third-order valence-corrected chi connectivity index (χ3v) is 3.55. The van der Waals surface area contributed by atoms with Crippen LogP contribution in [0.25, 0.3) is 0 Å². The Hall–Kier alpha value is -0.610. The van der Waals surface area contributed by atoms with Crippen LogP contribution in [0.3, 0.4) is 0 Å². The second-order valence-corrected chi connectivity index (χ2v) is 4.78. The summed E-state index contributed by atoms with van der Waals surface area (Å²) in [5, 5.41) is 3.32. The molecule has 1 rings (SSSR count). The van der Waals surface area contributed by atoms with Gasteiger partial charge in [0, 0.05) is 19.7 Å². The molecule has 100 valence electrons. The minimum atomic E-state index is 0.0228. The van der Waals surface area contributed by atoms with Gasteiger partial charge in [0.15, 0.2) is 0 Å². The zero-order valence-electron chi connectivity index (χ0n) is 11.4. The van der Waals surface area contributed by atoms with Gasteiger partial charge in [0.25, 0.3) is 0 Å². The van der Waals surface area contributed by atoms with Gasteiger partial charge in [-0.05, 0) is 32.7 Å². The average molecular weight is 242 g/mol. The number of amides is 1. The summed E-state index contributed by atoms with van der Waals surface area (Å²) in [6, 6.07) is 0.316. The van der Waals surface area contributed by atoms with Gasteiger partial charge in [-0.25, -0.2) is 0 Å². The van der Waals surface area contributed by atoms with Crippen LogP contribution in [0.4, 0.5) is 0 Å². The summed E-state index contributed by atoms with van der Waals surface area (Å²) in [4.78, 5) is 14.4. The fourth-order valence-corrected chi connectivity index (χ4v) is 2.22. The Balaban J connectivity index is 2.56. The Bertz CT molecular complexity index is 227. The maximum Gasteiger partial charge on any atom is 0.240 e. The monoisotopic (exact) mass is 242 g/mol. The molecule has 4 heteroatoms. The third kappa shape index (κ3) is 4.28. The van der Waals surface area contributed by atoms with Crippen LogP contribution in [-0.4, -0.2) is 49.7 Å². The summed E-state index contributed by atoms with van der Waals surface area (Å²) in [6.45, 7) is 6.50. The number of methoxy groups -OCH3 is 1. The van der Waals surface area contributed by atoms with E-state index in [9.17, 15) is 4.79 Å². The fraction of sp³-hybridized carbons (Fsp3) is 0.923. The smallest absolute Gasteiger partial charge is 0.240 e. The van der Waals surface area contributed by atoms with E-state index in [1.54, 1.807) is 7.11 Å². The molecule has 0 saturated carbocycles. The van der Waals surface area contributed by atoms with Crippen LogP contribution >= 0.6 is 0 Å². The van der Waals surface area contributed by atoms with Crippen molar-refractivity contribution in [2.45, 2.75) is 51.6 Å². The molecule has 1 saturated heterocycles. The van der Waals surface area contributed by atoms with Crippen LogP contribution in [0.15, 0.2) is 0 Å². The molecule has 2 unspecified atom stereocenters. The number of nitrogens with one attached hydrogen (secondary N) is 1. The molecular formula is C13H26N2O2. The van der Waals surface area contributed by atoms with Gasteiger partial charge in [0.05, 0.1) is 12.6 Å². The molecule has 1 aliphatic rings. The highest BCUT2D eigenvalue weighted by Gasteiger charge is 2.27. The lowest BCUT2D eigenvalue weighted by atomic mass is 10.0. The molecule has 17 heavy (non-hydrogen) atoms. The van der Waals surface area contributed by atoms with E-state index in [4.69, 9.17) is 4.74 Å². The predicted octanol–water partition coefficient (Wildman–Crippen LogP) is 1.40. The number of ether oxygens (including phenoxy) is 1. The Morgan fingerprint density at radius 2 is 2.29 bits per heavy atom. The van der Waals surface area contributed by atoms with Crippen molar-refractivity contribution in [3.8, 4) is 0 Å². The highest BCUT2D eigenvalue weighted by atomic mass is 16.5. The Kier molecular flexibility index (Phi) is 6.52. The first kappa shape index (κ1) is 14.5. The van der Waals surface area contributed by atoms with E-state index in [2.05, 4.69) is 19.2 Å². The van der Waals surface area contributed by atoms with Gasteiger partial charge in [-0.3, -0.25) is 4.79 Å². The molecule has 0 bridgehead atoms. The van der Waals surface area contributed by atoms with Crippen LogP contribution in [0.2, 0.25) is 0 Å². The predicted molar refractivity (Wildman–Crippen MR) is 69.0 cm³/mol. The number of rotatable bonds is 6. The Labute approximate surface area is 105 Å². The van der Waals surface area contributed by atoms with Gasteiger partial charge in [-0.1, -0.05) is 13.3 Å². The van der Waals surface area contributed by atoms with Crippen molar-refractivity contribution >= 4 is 5.91 Å². The molecular weight excluding hydrogens is 216 g/mol. The van der Waals surface area contributed by atoms with Crippen LogP contribution in [-0.2, 0) is 9.53 Å². The van der Waals surface area contributed by atoms with E-state index >= 15 is 0 Å². The summed E-state index contributed by atoms with van der Waals surface area (Å²) in [5.41, 5.74) is 0. The molecule has 2 atom stereocenters. The fourth-order valence-electron chi connectivity index (χ4n) is 2.22. The standard InChI is InChI=1S/C13H26N2O2/c1-4-11(2)15(9-10-17-3)13(16)12-7-5-6-8-14-12/h11-12,14H,4-10H2,1-3H3. The molecule has 1 heterocycles. The normalized spacial score (nSPS) is 22.2. The Morgan fingerprint density at radius 3 is 2.82 bits per heavy atom. The molecule has 0 aromatic rings. The third-order valence-electron chi connectivity index (χ3n) is 3.55. The summed E-state index contributed by atoms with van der Waals surface area (Å²) in [6.07, 6.45) is 4.30. The molecule has 0 aliphatic carbocycles. The largest absolute Gasteiger partial charge is 0.383 e. The molecule has 1 N–H and O–H groups in total. The first-order valence-electron chi connectivity index (χ1n) is 6.73. The minimum absolute atomic E-state index is 0.0228. The van der Waals surface area contributed by atoms with Crippen LogP contribution in [0.1, 0.15) is 39.5 Å². The summed E-state index contributed by atoms with van der Waals surface area (Å²) in [7, 11) is 1.68. The highest BCUT2D eigenvalue weighted by molar-refractivity contribution is 5.82. The molecule has 0 spiro atoms. The van der Waals surface area contributed by atoms with E-state index in [0.717, 1.165) is 25.8 Å². The second-order valence-electron chi connectivity index (χ2n) is 4.78. The maximum atomic E-state index is 12.4. The molecule has 1 amide bonds. The molecule has 0 aromatic carbocycles. The van der Waals surface area contributed by atoms with Crippen molar-refractivity contribution in [3.05, 3.63) is 0 Å². The quantitative estimate of drug-likeness (QED) is 0.765. The van der Waals surface area contributed by atoms with Crippen LogP contribution in [0.5, 0.6) is 0 Å². The highest BCUT2D eigenvalue weighted by Crippen LogP contribution is 2.13. The molecule has 4 nitrogen and oxygen atoms in total. The van der Waals surface area contributed by atoms with Crippen molar-refractivity contribution < 1.29 is 9.53 Å². The van der Waals surface area contributed by atoms with Gasteiger partial charge in [0.2, 0.25) is 5.91 Å². The summed E-state index contributed by atoms with van der Waals surface area (Å²) in [5.74, 6) is 0.246.